The van der Waals surface area contributed by atoms with Crippen molar-refractivity contribution in [3.8, 4) is 5.75 Å². The van der Waals surface area contributed by atoms with Gasteiger partial charge in [-0.25, -0.2) is 0 Å². The summed E-state index contributed by atoms with van der Waals surface area (Å²) in [6.45, 7) is 7.12. The second-order valence-corrected chi connectivity index (χ2v) is 6.95. The van der Waals surface area contributed by atoms with Gasteiger partial charge in [0.15, 0.2) is 5.11 Å². The predicted octanol–water partition coefficient (Wildman–Crippen LogP) is 3.60. The first-order valence-corrected chi connectivity index (χ1v) is 9.54. The van der Waals surface area contributed by atoms with Crippen LogP contribution in [0.1, 0.15) is 41.5 Å². The third kappa shape index (κ3) is 6.35. The van der Waals surface area contributed by atoms with Crippen LogP contribution in [0.4, 0.5) is 5.69 Å². The lowest BCUT2D eigenvalue weighted by atomic mass is 10.1. The number of carbonyl (C=O) groups excluding carboxylic acids is 2. The van der Waals surface area contributed by atoms with Crippen molar-refractivity contribution in [2.24, 2.45) is 5.92 Å². The number of benzene rings is 2. The van der Waals surface area contributed by atoms with Gasteiger partial charge in [-0.3, -0.25) is 14.9 Å². The molecule has 0 aliphatic carbocycles. The first-order valence-electron chi connectivity index (χ1n) is 9.13. The SMILES string of the molecule is CCNC(=O)c1ccccc1NC(=S)NC(=O)c1ccc(OCC(C)C)cc1. The zero-order valence-corrected chi connectivity index (χ0v) is 17.1. The van der Waals surface area contributed by atoms with E-state index in [1.165, 1.54) is 0 Å². The molecule has 0 aliphatic rings. The van der Waals surface area contributed by atoms with Crippen LogP contribution >= 0.6 is 12.2 Å². The van der Waals surface area contributed by atoms with Gasteiger partial charge in [-0.05, 0) is 61.5 Å². The number of amides is 2. The summed E-state index contributed by atoms with van der Waals surface area (Å²) in [5.41, 5.74) is 1.43. The summed E-state index contributed by atoms with van der Waals surface area (Å²) in [4.78, 5) is 24.5. The minimum atomic E-state index is -0.344. The molecule has 148 valence electrons. The molecule has 3 N–H and O–H groups in total. The number of hydrogen-bond acceptors (Lipinski definition) is 4. The summed E-state index contributed by atoms with van der Waals surface area (Å²) in [5.74, 6) is 0.579. The Morgan fingerprint density at radius 3 is 2.36 bits per heavy atom. The van der Waals surface area contributed by atoms with Gasteiger partial charge >= 0.3 is 0 Å². The van der Waals surface area contributed by atoms with E-state index >= 15 is 0 Å². The van der Waals surface area contributed by atoms with Crippen molar-refractivity contribution < 1.29 is 14.3 Å². The van der Waals surface area contributed by atoms with Crippen molar-refractivity contribution in [3.05, 3.63) is 59.7 Å². The number of thiocarbonyl (C=S) groups is 1. The molecule has 28 heavy (non-hydrogen) atoms. The molecule has 7 heteroatoms. The summed E-state index contributed by atoms with van der Waals surface area (Å²) in [7, 11) is 0. The van der Waals surface area contributed by atoms with E-state index in [0.29, 0.717) is 41.6 Å². The van der Waals surface area contributed by atoms with Crippen molar-refractivity contribution in [2.45, 2.75) is 20.8 Å². The normalized spacial score (nSPS) is 10.3. The molecule has 2 rings (SSSR count). The Labute approximate surface area is 170 Å². The highest BCUT2D eigenvalue weighted by Crippen LogP contribution is 2.16. The largest absolute Gasteiger partial charge is 0.493 e. The molecular weight excluding hydrogens is 374 g/mol. The first kappa shape index (κ1) is 21.4. The second-order valence-electron chi connectivity index (χ2n) is 6.54. The number of nitrogens with one attached hydrogen (secondary N) is 3. The van der Waals surface area contributed by atoms with Gasteiger partial charge in [0.25, 0.3) is 11.8 Å². The van der Waals surface area contributed by atoms with Crippen LogP contribution in [0, 0.1) is 5.92 Å². The third-order valence-electron chi connectivity index (χ3n) is 3.68. The Kier molecular flexibility index (Phi) is 7.95. The fourth-order valence-electron chi connectivity index (χ4n) is 2.34. The maximum absolute atomic E-state index is 12.4. The number of anilines is 1. The molecular formula is C21H25N3O3S. The van der Waals surface area contributed by atoms with Crippen molar-refractivity contribution >= 4 is 34.8 Å². The summed E-state index contributed by atoms with van der Waals surface area (Å²) in [5, 5.41) is 8.39. The summed E-state index contributed by atoms with van der Waals surface area (Å²) in [6, 6.07) is 13.8. The van der Waals surface area contributed by atoms with Gasteiger partial charge in [-0.15, -0.1) is 0 Å². The molecule has 0 radical (unpaired) electrons. The minimum Gasteiger partial charge on any atom is -0.493 e. The molecule has 6 nitrogen and oxygen atoms in total. The van der Waals surface area contributed by atoms with E-state index < -0.39 is 0 Å². The molecule has 0 unspecified atom stereocenters. The number of hydrogen-bond donors (Lipinski definition) is 3. The average molecular weight is 400 g/mol. The Morgan fingerprint density at radius 2 is 1.71 bits per heavy atom. The molecule has 0 bridgehead atoms. The summed E-state index contributed by atoms with van der Waals surface area (Å²) in [6.07, 6.45) is 0. The number of ether oxygens (including phenoxy) is 1. The van der Waals surface area contributed by atoms with E-state index in [9.17, 15) is 9.59 Å². The van der Waals surface area contributed by atoms with Gasteiger partial charge in [0, 0.05) is 12.1 Å². The van der Waals surface area contributed by atoms with Crippen LogP contribution in [-0.2, 0) is 0 Å². The summed E-state index contributed by atoms with van der Waals surface area (Å²) < 4.78 is 5.61. The summed E-state index contributed by atoms with van der Waals surface area (Å²) >= 11 is 5.22. The number of carbonyl (C=O) groups is 2. The Bertz CT molecular complexity index is 835. The Hall–Kier alpha value is -2.93. The molecule has 0 atom stereocenters. The Balaban J connectivity index is 1.98. The standard InChI is InChI=1S/C21H25N3O3S/c1-4-22-20(26)17-7-5-6-8-18(17)23-21(28)24-19(25)15-9-11-16(12-10-15)27-13-14(2)3/h5-12,14H,4,13H2,1-3H3,(H,22,26)(H2,23,24,25,28). The highest BCUT2D eigenvalue weighted by molar-refractivity contribution is 7.80. The van der Waals surface area contributed by atoms with E-state index in [1.54, 1.807) is 48.5 Å². The van der Waals surface area contributed by atoms with Gasteiger partial charge in [0.05, 0.1) is 17.9 Å². The zero-order chi connectivity index (χ0) is 20.5. The van der Waals surface area contributed by atoms with Crippen molar-refractivity contribution in [1.29, 1.82) is 0 Å². The Morgan fingerprint density at radius 1 is 1.04 bits per heavy atom. The molecule has 2 aromatic carbocycles. The molecule has 0 spiro atoms. The lowest BCUT2D eigenvalue weighted by Gasteiger charge is -2.13. The van der Waals surface area contributed by atoms with Crippen LogP contribution in [0.15, 0.2) is 48.5 Å². The van der Waals surface area contributed by atoms with Crippen molar-refractivity contribution in [2.75, 3.05) is 18.5 Å². The topological polar surface area (TPSA) is 79.5 Å². The zero-order valence-electron chi connectivity index (χ0n) is 16.2. The van der Waals surface area contributed by atoms with Gasteiger partial charge < -0.3 is 15.4 Å². The van der Waals surface area contributed by atoms with Crippen LogP contribution in [0.3, 0.4) is 0 Å². The van der Waals surface area contributed by atoms with E-state index in [2.05, 4.69) is 29.8 Å². The van der Waals surface area contributed by atoms with Gasteiger partial charge in [0.2, 0.25) is 0 Å². The molecule has 0 saturated heterocycles. The van der Waals surface area contributed by atoms with Gasteiger partial charge in [-0.1, -0.05) is 26.0 Å². The monoisotopic (exact) mass is 399 g/mol. The van der Waals surface area contributed by atoms with Crippen molar-refractivity contribution in [1.82, 2.24) is 10.6 Å². The third-order valence-corrected chi connectivity index (χ3v) is 3.89. The average Bonchev–Trinajstić information content (AvgIpc) is 2.67. The van der Waals surface area contributed by atoms with Crippen LogP contribution in [0.25, 0.3) is 0 Å². The predicted molar refractivity (Wildman–Crippen MR) is 115 cm³/mol. The lowest BCUT2D eigenvalue weighted by Crippen LogP contribution is -2.35. The molecule has 2 amide bonds. The molecule has 2 aromatic rings. The van der Waals surface area contributed by atoms with Crippen LogP contribution in [0.5, 0.6) is 5.75 Å². The van der Waals surface area contributed by atoms with Crippen molar-refractivity contribution in [3.63, 3.8) is 0 Å². The molecule has 0 saturated carbocycles. The van der Waals surface area contributed by atoms with E-state index in [0.717, 1.165) is 0 Å². The van der Waals surface area contributed by atoms with Crippen LogP contribution in [-0.4, -0.2) is 30.1 Å². The first-order chi connectivity index (χ1) is 13.4. The molecule has 0 fully saturated rings. The maximum Gasteiger partial charge on any atom is 0.257 e. The molecule has 0 heterocycles. The number of para-hydroxylation sites is 1. The molecule has 0 aromatic heterocycles. The van der Waals surface area contributed by atoms with E-state index in [1.807, 2.05) is 6.92 Å². The van der Waals surface area contributed by atoms with E-state index in [-0.39, 0.29) is 16.9 Å². The fourth-order valence-corrected chi connectivity index (χ4v) is 2.54. The number of rotatable bonds is 7. The van der Waals surface area contributed by atoms with Gasteiger partial charge in [-0.2, -0.15) is 0 Å². The molecule has 0 aliphatic heterocycles. The highest BCUT2D eigenvalue weighted by atomic mass is 32.1. The second kappa shape index (κ2) is 10.4. The van der Waals surface area contributed by atoms with E-state index in [4.69, 9.17) is 17.0 Å². The lowest BCUT2D eigenvalue weighted by molar-refractivity contribution is 0.0954. The quantitative estimate of drug-likeness (QED) is 0.620. The maximum atomic E-state index is 12.4. The minimum absolute atomic E-state index is 0.113. The van der Waals surface area contributed by atoms with Crippen LogP contribution < -0.4 is 20.7 Å². The van der Waals surface area contributed by atoms with Gasteiger partial charge in [0.1, 0.15) is 5.75 Å². The highest BCUT2D eigenvalue weighted by Gasteiger charge is 2.13. The fraction of sp³-hybridized carbons (Fsp3) is 0.286. The smallest absolute Gasteiger partial charge is 0.257 e. The van der Waals surface area contributed by atoms with Crippen LogP contribution in [0.2, 0.25) is 0 Å².